The predicted molar refractivity (Wildman–Crippen MR) is 128 cm³/mol. The average molecular weight is 542 g/mol. The minimum atomic E-state index is -4.36. The molecule has 0 aliphatic rings. The second kappa shape index (κ2) is 10.3. The maximum absolute atomic E-state index is 12.7. The van der Waals surface area contributed by atoms with Crippen molar-refractivity contribution in [1.82, 2.24) is 0 Å². The highest BCUT2D eigenvalue weighted by Crippen LogP contribution is 2.29. The van der Waals surface area contributed by atoms with Gasteiger partial charge in [0.2, 0.25) is 0 Å². The van der Waals surface area contributed by atoms with E-state index in [4.69, 9.17) is 4.18 Å². The highest BCUT2D eigenvalue weighted by atomic mass is 79.9. The molecule has 34 heavy (non-hydrogen) atoms. The van der Waals surface area contributed by atoms with Crippen LogP contribution in [0.5, 0.6) is 5.75 Å². The van der Waals surface area contributed by atoms with E-state index in [1.807, 2.05) is 12.1 Å². The van der Waals surface area contributed by atoms with E-state index in [1.54, 1.807) is 25.1 Å². The lowest BCUT2D eigenvalue weighted by Crippen LogP contribution is -2.14. The van der Waals surface area contributed by atoms with Crippen LogP contribution >= 0.6 is 15.9 Å². The molecule has 0 bridgehead atoms. The fraction of sp³-hybridized carbons (Fsp3) is 0.0435. The third-order valence-corrected chi connectivity index (χ3v) is 6.31. The second-order valence-electron chi connectivity index (χ2n) is 6.91. The minimum Gasteiger partial charge on any atom is -0.378 e. The molecule has 1 N–H and O–H groups in total. The molecule has 9 nitrogen and oxygen atoms in total. The Morgan fingerprint density at radius 3 is 2.44 bits per heavy atom. The zero-order chi connectivity index (χ0) is 24.9. The van der Waals surface area contributed by atoms with E-state index < -0.39 is 20.9 Å². The zero-order valence-electron chi connectivity index (χ0n) is 17.6. The van der Waals surface area contributed by atoms with Crippen LogP contribution in [-0.2, 0) is 14.9 Å². The van der Waals surface area contributed by atoms with Gasteiger partial charge < -0.3 is 9.50 Å². The van der Waals surface area contributed by atoms with Crippen LogP contribution in [0.2, 0.25) is 0 Å². The number of nitrogens with zero attached hydrogens (tertiary/aromatic N) is 2. The molecule has 3 aromatic carbocycles. The van der Waals surface area contributed by atoms with Crippen LogP contribution in [0.15, 0.2) is 81.7 Å². The van der Waals surface area contributed by atoms with Crippen LogP contribution in [-0.4, -0.2) is 19.2 Å². The number of para-hydroxylation sites is 1. The molecule has 0 fully saturated rings. The lowest BCUT2D eigenvalue weighted by molar-refractivity contribution is -0.384. The summed E-state index contributed by atoms with van der Waals surface area (Å²) in [5.74, 6) is -0.820. The highest BCUT2D eigenvalue weighted by molar-refractivity contribution is 9.10. The van der Waals surface area contributed by atoms with Gasteiger partial charge in [-0.3, -0.25) is 14.9 Å². The Balaban J connectivity index is 1.94. The van der Waals surface area contributed by atoms with E-state index in [1.165, 1.54) is 24.3 Å². The Bertz CT molecular complexity index is 1440. The molecule has 1 amide bonds. The SMILES string of the molecule is Cc1ccccc1NC(=O)/C(C#N)=C/c1cc(Br)ccc1OS(=O)(=O)c1ccc([N+](=O)[O-])cc1. The average Bonchev–Trinajstić information content (AvgIpc) is 2.80. The van der Waals surface area contributed by atoms with Crippen molar-refractivity contribution in [3.8, 4) is 11.8 Å². The molecule has 0 aliphatic heterocycles. The number of carbonyl (C=O) groups is 1. The third-order valence-electron chi connectivity index (χ3n) is 4.57. The molecule has 0 aromatic heterocycles. The maximum atomic E-state index is 12.7. The maximum Gasteiger partial charge on any atom is 0.339 e. The minimum absolute atomic E-state index is 0.141. The number of hydrogen-bond acceptors (Lipinski definition) is 7. The monoisotopic (exact) mass is 541 g/mol. The number of aryl methyl sites for hydroxylation is 1. The van der Waals surface area contributed by atoms with Crippen molar-refractivity contribution >= 4 is 49.4 Å². The van der Waals surface area contributed by atoms with Gasteiger partial charge in [-0.05, 0) is 55.0 Å². The Morgan fingerprint density at radius 2 is 1.82 bits per heavy atom. The molecule has 0 radical (unpaired) electrons. The molecule has 0 aliphatic carbocycles. The largest absolute Gasteiger partial charge is 0.378 e. The number of nitro groups is 1. The normalized spacial score (nSPS) is 11.4. The van der Waals surface area contributed by atoms with Crippen molar-refractivity contribution in [3.63, 3.8) is 0 Å². The van der Waals surface area contributed by atoms with Gasteiger partial charge >= 0.3 is 10.1 Å². The number of nitriles is 1. The summed E-state index contributed by atoms with van der Waals surface area (Å²) >= 11 is 3.27. The third kappa shape index (κ3) is 5.86. The van der Waals surface area contributed by atoms with Crippen LogP contribution in [0, 0.1) is 28.4 Å². The number of amides is 1. The summed E-state index contributed by atoms with van der Waals surface area (Å²) in [4.78, 5) is 22.5. The standard InChI is InChI=1S/C23H16BrN3O6S/c1-15-4-2-3-5-21(15)26-23(28)17(14-25)12-16-13-18(24)6-11-22(16)33-34(31,32)20-9-7-19(8-10-20)27(29)30/h2-13H,1H3,(H,26,28)/b17-12+. The molecule has 11 heteroatoms. The van der Waals surface area contributed by atoms with Crippen molar-refractivity contribution in [1.29, 1.82) is 5.26 Å². The summed E-state index contributed by atoms with van der Waals surface area (Å²) in [5, 5.41) is 23.0. The molecule has 0 saturated carbocycles. The van der Waals surface area contributed by atoms with E-state index >= 15 is 0 Å². The van der Waals surface area contributed by atoms with E-state index in [0.717, 1.165) is 29.8 Å². The molecule has 172 valence electrons. The Hall–Kier alpha value is -4.01. The molecule has 0 atom stereocenters. The molecular formula is C23H16BrN3O6S. The first-order valence-electron chi connectivity index (χ1n) is 9.58. The van der Waals surface area contributed by atoms with Crippen molar-refractivity contribution in [3.05, 3.63) is 98.0 Å². The second-order valence-corrected chi connectivity index (χ2v) is 9.37. The van der Waals surface area contributed by atoms with E-state index in [-0.39, 0.29) is 27.5 Å². The molecule has 3 rings (SSSR count). The summed E-state index contributed by atoms with van der Waals surface area (Å²) in [7, 11) is -4.36. The van der Waals surface area contributed by atoms with Crippen molar-refractivity contribution in [2.24, 2.45) is 0 Å². The Morgan fingerprint density at radius 1 is 1.15 bits per heavy atom. The highest BCUT2D eigenvalue weighted by Gasteiger charge is 2.21. The van der Waals surface area contributed by atoms with Gasteiger partial charge in [0.1, 0.15) is 22.3 Å². The molecular weight excluding hydrogens is 526 g/mol. The van der Waals surface area contributed by atoms with E-state index in [0.29, 0.717) is 10.2 Å². The summed E-state index contributed by atoms with van der Waals surface area (Å²) in [5.41, 5.74) is 0.925. The van der Waals surface area contributed by atoms with Gasteiger partial charge in [-0.1, -0.05) is 34.1 Å². The summed E-state index contributed by atoms with van der Waals surface area (Å²) in [6.07, 6.45) is 1.21. The van der Waals surface area contributed by atoms with Gasteiger partial charge in [0.05, 0.1) is 4.92 Å². The van der Waals surface area contributed by atoms with Gasteiger partial charge in [-0.15, -0.1) is 0 Å². The van der Waals surface area contributed by atoms with Crippen LogP contribution in [0.1, 0.15) is 11.1 Å². The lowest BCUT2D eigenvalue weighted by Gasteiger charge is -2.11. The van der Waals surface area contributed by atoms with E-state index in [2.05, 4.69) is 21.2 Å². The molecule has 0 spiro atoms. The number of non-ortho nitro benzene ring substituents is 1. The molecule has 3 aromatic rings. The lowest BCUT2D eigenvalue weighted by atomic mass is 10.1. The molecule has 0 heterocycles. The number of rotatable bonds is 7. The van der Waals surface area contributed by atoms with Gasteiger partial charge in [0.15, 0.2) is 0 Å². The molecule has 0 saturated heterocycles. The Kier molecular flexibility index (Phi) is 7.45. The van der Waals surface area contributed by atoms with Crippen LogP contribution in [0.25, 0.3) is 6.08 Å². The van der Waals surface area contributed by atoms with Crippen LogP contribution in [0.3, 0.4) is 0 Å². The van der Waals surface area contributed by atoms with Gasteiger partial charge in [-0.25, -0.2) is 0 Å². The fourth-order valence-electron chi connectivity index (χ4n) is 2.82. The van der Waals surface area contributed by atoms with Gasteiger partial charge in [0, 0.05) is 27.9 Å². The summed E-state index contributed by atoms with van der Waals surface area (Å²) in [6.45, 7) is 1.80. The number of benzene rings is 3. The van der Waals surface area contributed by atoms with Crippen molar-refractivity contribution in [2.75, 3.05) is 5.32 Å². The number of nitrogens with one attached hydrogen (secondary N) is 1. The zero-order valence-corrected chi connectivity index (χ0v) is 20.0. The van der Waals surface area contributed by atoms with Crippen LogP contribution in [0.4, 0.5) is 11.4 Å². The summed E-state index contributed by atoms with van der Waals surface area (Å²) < 4.78 is 31.2. The van der Waals surface area contributed by atoms with Crippen molar-refractivity contribution in [2.45, 2.75) is 11.8 Å². The van der Waals surface area contributed by atoms with Gasteiger partial charge in [0.25, 0.3) is 11.6 Å². The van der Waals surface area contributed by atoms with Crippen LogP contribution < -0.4 is 9.50 Å². The first kappa shape index (κ1) is 24.6. The number of anilines is 1. The van der Waals surface area contributed by atoms with Crippen molar-refractivity contribution < 1.29 is 22.3 Å². The topological polar surface area (TPSA) is 139 Å². The Labute approximate surface area is 203 Å². The summed E-state index contributed by atoms with van der Waals surface area (Å²) in [6, 6.07) is 17.4. The van der Waals surface area contributed by atoms with E-state index in [9.17, 15) is 28.6 Å². The molecule has 0 unspecified atom stereocenters. The predicted octanol–water partition coefficient (Wildman–Crippen LogP) is 4.98. The first-order valence-corrected chi connectivity index (χ1v) is 11.8. The smallest absolute Gasteiger partial charge is 0.339 e. The number of hydrogen-bond donors (Lipinski definition) is 1. The fourth-order valence-corrected chi connectivity index (χ4v) is 4.15. The first-order chi connectivity index (χ1) is 16.1. The van der Waals surface area contributed by atoms with Gasteiger partial charge in [-0.2, -0.15) is 13.7 Å². The number of nitro benzene ring substituents is 1. The number of halogens is 1. The quantitative estimate of drug-likeness (QED) is 0.146. The number of carbonyl (C=O) groups excluding carboxylic acids is 1.